The van der Waals surface area contributed by atoms with E-state index in [1.807, 2.05) is 261 Å². The smallest absolute Gasteiger partial charge is 0.306 e. The number of carbonyl (C=O) groups excluding carboxylic acids is 2. The van der Waals surface area contributed by atoms with Gasteiger partial charge in [-0.2, -0.15) is 0 Å². The molecule has 0 aliphatic carbocycles. The van der Waals surface area contributed by atoms with Crippen LogP contribution in [0.15, 0.2) is 278 Å². The molecule has 0 spiro atoms. The zero-order valence-corrected chi connectivity index (χ0v) is 58.9. The summed E-state index contributed by atoms with van der Waals surface area (Å²) in [5.41, 5.74) is 6.65. The quantitative estimate of drug-likeness (QED) is 0.0367. The lowest BCUT2D eigenvalue weighted by Gasteiger charge is -2.50. The van der Waals surface area contributed by atoms with E-state index in [0.29, 0.717) is 0 Å². The fourth-order valence-electron chi connectivity index (χ4n) is 12.7. The van der Waals surface area contributed by atoms with E-state index < -0.39 is 97.2 Å². The average Bonchev–Trinajstić information content (AvgIpc) is 0.770. The molecule has 0 saturated carbocycles. The van der Waals surface area contributed by atoms with Crippen molar-refractivity contribution in [3.05, 3.63) is 317 Å². The van der Waals surface area contributed by atoms with Gasteiger partial charge in [-0.1, -0.05) is 273 Å². The fraction of sp³-hybridized carbons (Fsp3) is 0.341. The van der Waals surface area contributed by atoms with Gasteiger partial charge in [0.1, 0.15) is 66.5 Å². The van der Waals surface area contributed by atoms with E-state index in [-0.39, 0.29) is 84.8 Å². The van der Waals surface area contributed by atoms with Gasteiger partial charge in [-0.15, -0.1) is 0 Å². The van der Waals surface area contributed by atoms with Gasteiger partial charge < -0.3 is 71.6 Å². The second kappa shape index (κ2) is 39.6. The third-order valence-electron chi connectivity index (χ3n) is 18.1. The van der Waals surface area contributed by atoms with Crippen molar-refractivity contribution >= 4 is 23.6 Å². The van der Waals surface area contributed by atoms with E-state index in [4.69, 9.17) is 66.3 Å². The minimum atomic E-state index is -1.30. The third-order valence-corrected chi connectivity index (χ3v) is 19.3. The van der Waals surface area contributed by atoms with Crippen LogP contribution in [0, 0.1) is 0 Å². The highest BCUT2D eigenvalue weighted by Crippen LogP contribution is 2.42. The summed E-state index contributed by atoms with van der Waals surface area (Å²) in [7, 11) is 1.52. The van der Waals surface area contributed by atoms with Crippen molar-refractivity contribution in [1.29, 1.82) is 0 Å². The van der Waals surface area contributed by atoms with Crippen molar-refractivity contribution in [2.45, 2.75) is 169 Å². The predicted octanol–water partition coefficient (Wildman–Crippen LogP) is 14.1. The van der Waals surface area contributed by atoms with Gasteiger partial charge in [0.2, 0.25) is 5.91 Å². The first kappa shape index (κ1) is 74.5. The molecular weight excluding hydrogens is 1320 g/mol. The molecular formula is C85H91NO16S. The Hall–Kier alpha value is -8.25. The second-order valence-electron chi connectivity index (χ2n) is 25.6. The summed E-state index contributed by atoms with van der Waals surface area (Å²) in [4.78, 5) is 27.3. The van der Waals surface area contributed by atoms with E-state index >= 15 is 0 Å². The van der Waals surface area contributed by atoms with E-state index in [0.717, 1.165) is 49.4 Å². The van der Waals surface area contributed by atoms with Crippen LogP contribution in [0.5, 0.6) is 0 Å². The van der Waals surface area contributed by atoms with Gasteiger partial charge in [0, 0.05) is 18.4 Å². The molecule has 3 fully saturated rings. The van der Waals surface area contributed by atoms with Gasteiger partial charge in [-0.05, 0) is 63.6 Å². The zero-order chi connectivity index (χ0) is 70.6. The van der Waals surface area contributed by atoms with Crippen LogP contribution in [0.3, 0.4) is 0 Å². The Labute approximate surface area is 608 Å². The maximum atomic E-state index is 13.9. The van der Waals surface area contributed by atoms with Crippen LogP contribution in [0.25, 0.3) is 0 Å². The molecule has 9 aromatic rings. The number of amides is 1. The summed E-state index contributed by atoms with van der Waals surface area (Å²) in [6.07, 6.45) is -14.1. The van der Waals surface area contributed by atoms with Gasteiger partial charge in [0.05, 0.1) is 78.6 Å². The minimum absolute atomic E-state index is 0.0625. The molecule has 0 radical (unpaired) electrons. The van der Waals surface area contributed by atoms with Crippen molar-refractivity contribution in [2.75, 3.05) is 20.3 Å². The average molecular weight is 1410 g/mol. The number of nitrogens with one attached hydrogen (secondary N) is 1. The number of hydrogen-bond acceptors (Lipinski definition) is 17. The Kier molecular flexibility index (Phi) is 28.6. The van der Waals surface area contributed by atoms with Crippen LogP contribution in [0.1, 0.15) is 64.3 Å². The molecule has 9 aromatic carbocycles. The first-order chi connectivity index (χ1) is 50.8. The standard InChI is InChI=1S/C85H91NO16S/c1-60-74(101-73(88)49-48-72(87)86-2)77(91-52-63-34-16-5-17-35-63)80(94-55-66-40-22-8-23-41-66)83(98-60)97-59-71-75(90-51-62-32-14-4-15-33-62)78(92-53-64-36-18-6-19-37-64)81(95-56-67-42-24-9-25-43-67)84(99-71)102-76-70(58-89-50-61-30-12-3-13-31-61)100-85(103-69-46-28-11-29-47-69)82(96-57-68-44-26-10-27-45-68)79(76)93-54-65-38-20-7-21-39-65/h3-47,60,70-71,74-85H,48-59H2,1-2H3,(H,86,87)/t60?,70?,71-,74+,75+,76+,77-,78?,79+,80?,81?,82?,83?,84-,85-/m0/s1. The lowest BCUT2D eigenvalue weighted by Crippen LogP contribution is -2.66. The van der Waals surface area contributed by atoms with Crippen LogP contribution in [-0.2, 0) is 129 Å². The Morgan fingerprint density at radius 3 is 1.10 bits per heavy atom. The highest BCUT2D eigenvalue weighted by Gasteiger charge is 2.56. The normalized spacial score (nSPS) is 24.8. The number of esters is 1. The predicted molar refractivity (Wildman–Crippen MR) is 389 cm³/mol. The molecule has 3 aliphatic heterocycles. The summed E-state index contributed by atoms with van der Waals surface area (Å²) in [6.45, 7) is 2.98. The van der Waals surface area contributed by atoms with E-state index in [2.05, 4.69) is 17.4 Å². The number of benzene rings is 9. The molecule has 103 heavy (non-hydrogen) atoms. The molecule has 3 heterocycles. The Balaban J connectivity index is 0.962. The molecule has 0 bridgehead atoms. The molecule has 12 rings (SSSR count). The summed E-state index contributed by atoms with van der Waals surface area (Å²) < 4.78 is 101. The maximum absolute atomic E-state index is 13.9. The molecule has 3 aliphatic rings. The summed E-state index contributed by atoms with van der Waals surface area (Å²) in [6, 6.07) is 89.5. The zero-order valence-electron chi connectivity index (χ0n) is 58.1. The van der Waals surface area contributed by atoms with Crippen LogP contribution in [-0.4, -0.2) is 123 Å². The van der Waals surface area contributed by atoms with Crippen LogP contribution in [0.2, 0.25) is 0 Å². The van der Waals surface area contributed by atoms with E-state index in [1.165, 1.54) is 7.05 Å². The number of carbonyl (C=O) groups is 2. The fourth-order valence-corrected chi connectivity index (χ4v) is 13.9. The molecule has 17 nitrogen and oxygen atoms in total. The van der Waals surface area contributed by atoms with Crippen molar-refractivity contribution < 1.29 is 75.9 Å². The van der Waals surface area contributed by atoms with Crippen LogP contribution in [0.4, 0.5) is 0 Å². The number of ether oxygens (including phenoxy) is 14. The molecule has 0 aromatic heterocycles. The van der Waals surface area contributed by atoms with Gasteiger partial charge in [0.15, 0.2) is 18.7 Å². The number of rotatable bonds is 36. The van der Waals surface area contributed by atoms with Gasteiger partial charge in [-0.3, -0.25) is 9.59 Å². The molecule has 538 valence electrons. The maximum Gasteiger partial charge on any atom is 0.306 e. The number of thioether (sulfide) groups is 1. The molecule has 18 heteroatoms. The summed E-state index contributed by atoms with van der Waals surface area (Å²) in [5.74, 6) is -0.908. The number of hydrogen-bond donors (Lipinski definition) is 1. The SMILES string of the molecule is CNC(=O)CCC(=O)O[C@@H]1C(C)OC(OC[C@@H]2O[C@@H](O[C@@H]3C(COCc4ccccc4)O[C@@H](Sc4ccccc4)C(OCc4ccccc4)[C@@H]3OCc3ccccc3)C(OCc3ccccc3)C(OCc3ccccc3)[C@@H]2OCc2ccccc2)C(OCc2ccccc2)[C@H]1OCc1ccccc1. The highest BCUT2D eigenvalue weighted by atomic mass is 32.2. The van der Waals surface area contributed by atoms with Crippen LogP contribution < -0.4 is 5.32 Å². The Morgan fingerprint density at radius 2 is 0.680 bits per heavy atom. The second-order valence-corrected chi connectivity index (χ2v) is 26.8. The summed E-state index contributed by atoms with van der Waals surface area (Å²) >= 11 is 1.54. The minimum Gasteiger partial charge on any atom is -0.457 e. The van der Waals surface area contributed by atoms with Gasteiger partial charge in [-0.25, -0.2) is 0 Å². The monoisotopic (exact) mass is 1410 g/mol. The van der Waals surface area contributed by atoms with Gasteiger partial charge >= 0.3 is 5.97 Å². The van der Waals surface area contributed by atoms with Crippen molar-refractivity contribution in [3.8, 4) is 0 Å². The van der Waals surface area contributed by atoms with E-state index in [1.54, 1.807) is 18.7 Å². The van der Waals surface area contributed by atoms with Crippen LogP contribution >= 0.6 is 11.8 Å². The van der Waals surface area contributed by atoms with Crippen molar-refractivity contribution in [1.82, 2.24) is 5.32 Å². The summed E-state index contributed by atoms with van der Waals surface area (Å²) in [5, 5.41) is 2.59. The Morgan fingerprint density at radius 1 is 0.340 bits per heavy atom. The van der Waals surface area contributed by atoms with Crippen molar-refractivity contribution in [2.24, 2.45) is 0 Å². The molecule has 3 saturated heterocycles. The molecule has 1 amide bonds. The molecule has 15 atom stereocenters. The first-order valence-corrected chi connectivity index (χ1v) is 36.2. The largest absolute Gasteiger partial charge is 0.457 e. The van der Waals surface area contributed by atoms with Crippen molar-refractivity contribution in [3.63, 3.8) is 0 Å². The third kappa shape index (κ3) is 22.2. The Bertz CT molecular complexity index is 3870. The van der Waals surface area contributed by atoms with E-state index in [9.17, 15) is 9.59 Å². The molecule has 1 N–H and O–H groups in total. The topological polar surface area (TPSA) is 175 Å². The first-order valence-electron chi connectivity index (χ1n) is 35.3. The molecule has 7 unspecified atom stereocenters. The highest BCUT2D eigenvalue weighted by molar-refractivity contribution is 7.99. The lowest BCUT2D eigenvalue weighted by atomic mass is 9.96. The van der Waals surface area contributed by atoms with Gasteiger partial charge in [0.25, 0.3) is 0 Å². The lowest BCUT2D eigenvalue weighted by molar-refractivity contribution is -0.368.